The molecule has 0 aromatic heterocycles. The monoisotopic (exact) mass is 706 g/mol. The summed E-state index contributed by atoms with van der Waals surface area (Å²) in [5, 5.41) is 10.5. The maximum atomic E-state index is 14.1. The quantitative estimate of drug-likeness (QED) is 0.211. The second-order valence-corrected chi connectivity index (χ2v) is 13.3. The highest BCUT2D eigenvalue weighted by atomic mass is 127. The lowest BCUT2D eigenvalue weighted by atomic mass is 9.56. The Morgan fingerprint density at radius 2 is 1.76 bits per heavy atom. The Morgan fingerprint density at radius 1 is 1.07 bits per heavy atom. The first kappa shape index (κ1) is 28.2. The number of carbonyl (C=O) groups excluding carboxylic acids is 4. The van der Waals surface area contributed by atoms with Gasteiger partial charge in [-0.1, -0.05) is 36.4 Å². The lowest BCUT2D eigenvalue weighted by Gasteiger charge is -2.50. The summed E-state index contributed by atoms with van der Waals surface area (Å²) in [5.41, 5.74) is 2.47. The minimum absolute atomic E-state index is 0.0803. The first-order chi connectivity index (χ1) is 19.4. The van der Waals surface area contributed by atoms with Crippen LogP contribution in [0.3, 0.4) is 0 Å². The number of aromatic hydroxyl groups is 1. The van der Waals surface area contributed by atoms with Gasteiger partial charge in [0, 0.05) is 13.0 Å². The van der Waals surface area contributed by atoms with Gasteiger partial charge in [0.1, 0.15) is 0 Å². The molecule has 2 aliphatic heterocycles. The SMILES string of the molecule is C=Cc1ccc(N2C(=O)[C@H]3[C@H](CC=C4[C@H]3C[C@@]3(Cl)C(=O)N(C)C(=O)[C@@]3(Cl)[C@H]4c3cc(I)c(O)c(OC)c3)C2=O)cc1. The van der Waals surface area contributed by atoms with E-state index in [-0.39, 0.29) is 36.2 Å². The number of alkyl halides is 2. The van der Waals surface area contributed by atoms with Crippen molar-refractivity contribution in [2.45, 2.75) is 28.5 Å². The molecular weight excluding hydrogens is 682 g/mol. The van der Waals surface area contributed by atoms with Crippen molar-refractivity contribution < 1.29 is 29.0 Å². The smallest absolute Gasteiger partial charge is 0.253 e. The molecule has 0 unspecified atom stereocenters. The van der Waals surface area contributed by atoms with Crippen LogP contribution < -0.4 is 9.64 Å². The number of hydrogen-bond acceptors (Lipinski definition) is 6. The first-order valence-corrected chi connectivity index (χ1v) is 14.8. The van der Waals surface area contributed by atoms with E-state index >= 15 is 0 Å². The lowest BCUT2D eigenvalue weighted by molar-refractivity contribution is -0.138. The van der Waals surface area contributed by atoms with Crippen molar-refractivity contribution in [3.63, 3.8) is 0 Å². The largest absolute Gasteiger partial charge is 0.504 e. The van der Waals surface area contributed by atoms with Crippen LogP contribution in [0.25, 0.3) is 6.08 Å². The third kappa shape index (κ3) is 3.64. The number of ether oxygens (including phenoxy) is 1. The number of hydrogen-bond donors (Lipinski definition) is 1. The van der Waals surface area contributed by atoms with E-state index in [4.69, 9.17) is 27.9 Å². The molecule has 2 aliphatic carbocycles. The summed E-state index contributed by atoms with van der Waals surface area (Å²) in [6.45, 7) is 3.75. The summed E-state index contributed by atoms with van der Waals surface area (Å²) in [7, 11) is 2.75. The highest BCUT2D eigenvalue weighted by molar-refractivity contribution is 14.1. The Bertz CT molecular complexity index is 1590. The average Bonchev–Trinajstić information content (AvgIpc) is 3.29. The van der Waals surface area contributed by atoms with Crippen LogP contribution in [0.15, 0.2) is 54.6 Å². The Hall–Kier alpha value is -2.89. The minimum Gasteiger partial charge on any atom is -0.504 e. The number of benzene rings is 2. The number of anilines is 1. The number of phenolic OH excluding ortho intramolecular Hbond substituents is 1. The number of nitrogens with zero attached hydrogens (tertiary/aromatic N) is 2. The van der Waals surface area contributed by atoms with E-state index in [0.29, 0.717) is 20.4 Å². The number of carbonyl (C=O) groups is 4. The van der Waals surface area contributed by atoms with Crippen LogP contribution in [-0.4, -0.2) is 57.5 Å². The van der Waals surface area contributed by atoms with Gasteiger partial charge in [0.2, 0.25) is 11.8 Å². The molecular formula is C30H25Cl2IN2O6. The van der Waals surface area contributed by atoms with Gasteiger partial charge in [0.05, 0.1) is 28.2 Å². The van der Waals surface area contributed by atoms with Gasteiger partial charge in [-0.05, 0) is 76.7 Å². The number of methoxy groups -OCH3 is 1. The van der Waals surface area contributed by atoms with Crippen molar-refractivity contribution in [3.05, 3.63) is 69.3 Å². The van der Waals surface area contributed by atoms with Gasteiger partial charge in [-0.25, -0.2) is 0 Å². The summed E-state index contributed by atoms with van der Waals surface area (Å²) in [6, 6.07) is 10.2. The Morgan fingerprint density at radius 3 is 2.39 bits per heavy atom. The molecule has 2 heterocycles. The average molecular weight is 707 g/mol. The molecule has 0 spiro atoms. The standard InChI is InChI=1S/C30H25Cl2IN2O6/c1-4-14-5-7-16(8-6-14)35-25(37)18-10-9-17-19(22(18)26(35)38)13-29(31)27(39)34(2)28(40)30(29,32)23(17)15-11-20(33)24(36)21(12-15)41-3/h4-9,11-12,18-19,22-23,36H,1,10,13H2,2-3H3/t18-,19+,22-,23-,29+,30-/m0/s1. The highest BCUT2D eigenvalue weighted by Gasteiger charge is 2.76. The van der Waals surface area contributed by atoms with Crippen molar-refractivity contribution in [3.8, 4) is 11.5 Å². The van der Waals surface area contributed by atoms with Gasteiger partial charge in [-0.15, -0.1) is 23.2 Å². The van der Waals surface area contributed by atoms with Gasteiger partial charge in [0.25, 0.3) is 11.8 Å². The zero-order valence-electron chi connectivity index (χ0n) is 22.1. The fraction of sp³-hybridized carbons (Fsp3) is 0.333. The van der Waals surface area contributed by atoms with E-state index in [1.807, 2.05) is 28.7 Å². The number of halogens is 3. The van der Waals surface area contributed by atoms with Crippen LogP contribution in [0.1, 0.15) is 29.9 Å². The molecule has 11 heteroatoms. The molecule has 2 aromatic carbocycles. The maximum Gasteiger partial charge on any atom is 0.253 e. The van der Waals surface area contributed by atoms with E-state index in [1.54, 1.807) is 42.5 Å². The van der Waals surface area contributed by atoms with Crippen molar-refractivity contribution in [1.82, 2.24) is 4.90 Å². The molecule has 2 aromatic rings. The number of phenols is 1. The van der Waals surface area contributed by atoms with Crippen LogP contribution >= 0.6 is 45.8 Å². The Labute approximate surface area is 260 Å². The molecule has 212 valence electrons. The third-order valence-corrected chi connectivity index (χ3v) is 11.2. The molecule has 8 nitrogen and oxygen atoms in total. The molecule has 3 fully saturated rings. The van der Waals surface area contributed by atoms with Gasteiger partial charge < -0.3 is 9.84 Å². The lowest BCUT2D eigenvalue weighted by Crippen LogP contribution is -2.60. The van der Waals surface area contributed by atoms with E-state index in [9.17, 15) is 24.3 Å². The molecule has 1 N–H and O–H groups in total. The summed E-state index contributed by atoms with van der Waals surface area (Å²) in [6.07, 6.45) is 3.70. The number of imide groups is 2. The van der Waals surface area contributed by atoms with E-state index in [0.717, 1.165) is 10.5 Å². The number of amides is 4. The number of rotatable bonds is 4. The fourth-order valence-corrected chi connectivity index (χ4v) is 8.69. The first-order valence-electron chi connectivity index (χ1n) is 13.0. The zero-order chi connectivity index (χ0) is 29.6. The second kappa shape index (κ2) is 9.57. The molecule has 4 aliphatic rings. The molecule has 6 atom stereocenters. The van der Waals surface area contributed by atoms with Crippen molar-refractivity contribution in [2.24, 2.45) is 17.8 Å². The number of fused-ring (bicyclic) bond motifs is 4. The van der Waals surface area contributed by atoms with Crippen molar-refractivity contribution >= 4 is 81.2 Å². The van der Waals surface area contributed by atoms with Crippen molar-refractivity contribution in [1.29, 1.82) is 0 Å². The maximum absolute atomic E-state index is 14.1. The predicted octanol–water partition coefficient (Wildman–Crippen LogP) is 4.84. The molecule has 0 bridgehead atoms. The Kier molecular flexibility index (Phi) is 6.59. The van der Waals surface area contributed by atoms with Crippen LogP contribution in [0, 0.1) is 21.3 Å². The summed E-state index contributed by atoms with van der Waals surface area (Å²) in [5.74, 6) is -4.95. The van der Waals surface area contributed by atoms with Gasteiger partial charge in [0.15, 0.2) is 21.2 Å². The molecule has 4 amide bonds. The van der Waals surface area contributed by atoms with Gasteiger partial charge in [-0.2, -0.15) is 0 Å². The number of allylic oxidation sites excluding steroid dienone is 2. The second-order valence-electron chi connectivity index (χ2n) is 10.9. The minimum atomic E-state index is -1.91. The van der Waals surface area contributed by atoms with E-state index in [2.05, 4.69) is 6.58 Å². The van der Waals surface area contributed by atoms with E-state index in [1.165, 1.54) is 19.1 Å². The van der Waals surface area contributed by atoms with Crippen LogP contribution in [0.2, 0.25) is 0 Å². The molecule has 2 saturated heterocycles. The zero-order valence-corrected chi connectivity index (χ0v) is 25.7. The molecule has 1 saturated carbocycles. The van der Waals surface area contributed by atoms with E-state index < -0.39 is 45.2 Å². The summed E-state index contributed by atoms with van der Waals surface area (Å²) in [4.78, 5) is 53.4. The molecule has 0 radical (unpaired) electrons. The van der Waals surface area contributed by atoms with Crippen molar-refractivity contribution in [2.75, 3.05) is 19.1 Å². The topological polar surface area (TPSA) is 104 Å². The predicted molar refractivity (Wildman–Crippen MR) is 162 cm³/mol. The Balaban J connectivity index is 1.52. The van der Waals surface area contributed by atoms with Gasteiger partial charge >= 0.3 is 0 Å². The normalized spacial score (nSPS) is 32.5. The van der Waals surface area contributed by atoms with Crippen LogP contribution in [-0.2, 0) is 19.2 Å². The highest BCUT2D eigenvalue weighted by Crippen LogP contribution is 2.65. The molecule has 6 rings (SSSR count). The number of likely N-dealkylation sites (tertiary alicyclic amines) is 1. The molecule has 41 heavy (non-hydrogen) atoms. The summed E-state index contributed by atoms with van der Waals surface area (Å²) < 4.78 is 5.83. The fourth-order valence-electron chi connectivity index (χ4n) is 7.05. The van der Waals surface area contributed by atoms with Crippen LogP contribution in [0.4, 0.5) is 5.69 Å². The summed E-state index contributed by atoms with van der Waals surface area (Å²) >= 11 is 16.4. The third-order valence-electron chi connectivity index (χ3n) is 9.01. The van der Waals surface area contributed by atoms with Gasteiger partial charge in [-0.3, -0.25) is 29.0 Å². The van der Waals surface area contributed by atoms with Crippen LogP contribution in [0.5, 0.6) is 11.5 Å².